The summed E-state index contributed by atoms with van der Waals surface area (Å²) in [7, 11) is 3.90. The van der Waals surface area contributed by atoms with Crippen LogP contribution in [0.2, 0.25) is 5.02 Å². The van der Waals surface area contributed by atoms with E-state index >= 15 is 0 Å². The second-order valence-corrected chi connectivity index (χ2v) is 9.36. The van der Waals surface area contributed by atoms with E-state index in [0.717, 1.165) is 36.9 Å². The molecule has 1 amide bonds. The SMILES string of the molecule is CN(C)c1ccc(C2C(C(=O)c3cc4cc(Cl)ccc4o3)=C(O)C(=O)N2C2CCCC2)cc1. The second kappa shape index (κ2) is 8.27. The van der Waals surface area contributed by atoms with Crippen molar-refractivity contribution in [3.8, 4) is 0 Å². The van der Waals surface area contributed by atoms with Crippen molar-refractivity contribution < 1.29 is 19.1 Å². The van der Waals surface area contributed by atoms with Gasteiger partial charge in [0.1, 0.15) is 5.58 Å². The van der Waals surface area contributed by atoms with Gasteiger partial charge in [-0.05, 0) is 54.8 Å². The van der Waals surface area contributed by atoms with Gasteiger partial charge in [-0.25, -0.2) is 0 Å². The van der Waals surface area contributed by atoms with Crippen LogP contribution in [0.3, 0.4) is 0 Å². The van der Waals surface area contributed by atoms with Crippen molar-refractivity contribution in [1.29, 1.82) is 0 Å². The third-order valence-electron chi connectivity index (χ3n) is 6.63. The zero-order chi connectivity index (χ0) is 23.3. The Bertz CT molecular complexity index is 1270. The average molecular weight is 465 g/mol. The first kappa shape index (κ1) is 21.6. The molecule has 7 heteroatoms. The summed E-state index contributed by atoms with van der Waals surface area (Å²) in [4.78, 5) is 30.5. The van der Waals surface area contributed by atoms with E-state index in [-0.39, 0.29) is 17.4 Å². The van der Waals surface area contributed by atoms with E-state index in [1.807, 2.05) is 43.3 Å². The number of hydrogen-bond donors (Lipinski definition) is 1. The van der Waals surface area contributed by atoms with Crippen LogP contribution in [-0.2, 0) is 4.79 Å². The number of hydrogen-bond acceptors (Lipinski definition) is 5. The first-order chi connectivity index (χ1) is 15.8. The van der Waals surface area contributed by atoms with Crippen LogP contribution in [0.25, 0.3) is 11.0 Å². The van der Waals surface area contributed by atoms with Gasteiger partial charge in [0.05, 0.1) is 11.6 Å². The van der Waals surface area contributed by atoms with Crippen LogP contribution in [-0.4, -0.2) is 41.8 Å². The lowest BCUT2D eigenvalue weighted by atomic mass is 9.94. The summed E-state index contributed by atoms with van der Waals surface area (Å²) in [5.74, 6) is -1.40. The summed E-state index contributed by atoms with van der Waals surface area (Å²) in [6.45, 7) is 0. The number of halogens is 1. The fourth-order valence-corrected chi connectivity index (χ4v) is 5.14. The minimum absolute atomic E-state index is 0.0158. The number of carbonyl (C=O) groups excluding carboxylic acids is 2. The van der Waals surface area contributed by atoms with Gasteiger partial charge in [-0.3, -0.25) is 9.59 Å². The van der Waals surface area contributed by atoms with Gasteiger partial charge in [0.2, 0.25) is 5.78 Å². The molecule has 2 aromatic carbocycles. The minimum atomic E-state index is -0.666. The minimum Gasteiger partial charge on any atom is -0.503 e. The number of nitrogens with zero attached hydrogens (tertiary/aromatic N) is 2. The molecule has 0 saturated heterocycles. The van der Waals surface area contributed by atoms with E-state index in [4.69, 9.17) is 16.0 Å². The number of aliphatic hydroxyl groups is 1. The summed E-state index contributed by atoms with van der Waals surface area (Å²) in [6, 6.07) is 13.8. The molecule has 170 valence electrons. The molecule has 1 N–H and O–H groups in total. The Balaban J connectivity index is 1.60. The molecule has 1 saturated carbocycles. The van der Waals surface area contributed by atoms with Crippen LogP contribution < -0.4 is 4.90 Å². The normalized spacial score (nSPS) is 19.2. The second-order valence-electron chi connectivity index (χ2n) is 8.92. The molecular weight excluding hydrogens is 440 g/mol. The Morgan fingerprint density at radius 2 is 1.79 bits per heavy atom. The van der Waals surface area contributed by atoms with Gasteiger partial charge >= 0.3 is 0 Å². The van der Waals surface area contributed by atoms with Gasteiger partial charge < -0.3 is 19.3 Å². The van der Waals surface area contributed by atoms with Crippen LogP contribution in [0.5, 0.6) is 0 Å². The van der Waals surface area contributed by atoms with Gasteiger partial charge in [-0.15, -0.1) is 0 Å². The molecule has 2 heterocycles. The number of benzene rings is 2. The summed E-state index contributed by atoms with van der Waals surface area (Å²) in [5.41, 5.74) is 2.37. The molecule has 1 aliphatic carbocycles. The topological polar surface area (TPSA) is 74.0 Å². The van der Waals surface area contributed by atoms with E-state index in [2.05, 4.69) is 0 Å². The fraction of sp³-hybridized carbons (Fsp3) is 0.308. The number of rotatable bonds is 5. The number of anilines is 1. The number of amides is 1. The molecule has 1 aliphatic heterocycles. The molecule has 3 aromatic rings. The Hall–Kier alpha value is -3.25. The number of carbonyl (C=O) groups is 2. The third kappa shape index (κ3) is 3.68. The van der Waals surface area contributed by atoms with Crippen LogP contribution >= 0.6 is 11.6 Å². The van der Waals surface area contributed by atoms with E-state index in [0.29, 0.717) is 16.0 Å². The molecule has 1 unspecified atom stereocenters. The number of fused-ring (bicyclic) bond motifs is 1. The molecule has 2 aliphatic rings. The van der Waals surface area contributed by atoms with Gasteiger partial charge in [-0.2, -0.15) is 0 Å². The van der Waals surface area contributed by atoms with Gasteiger partial charge in [0.15, 0.2) is 11.5 Å². The summed E-state index contributed by atoms with van der Waals surface area (Å²) in [5, 5.41) is 12.1. The average Bonchev–Trinajstić information content (AvgIpc) is 3.52. The van der Waals surface area contributed by atoms with Crippen molar-refractivity contribution in [3.05, 3.63) is 76.2 Å². The van der Waals surface area contributed by atoms with Crippen molar-refractivity contribution in [2.45, 2.75) is 37.8 Å². The number of ketones is 1. The van der Waals surface area contributed by atoms with Crippen LogP contribution in [0.4, 0.5) is 5.69 Å². The molecule has 1 fully saturated rings. The molecule has 0 spiro atoms. The quantitative estimate of drug-likeness (QED) is 0.492. The van der Waals surface area contributed by atoms with Crippen molar-refractivity contribution in [2.24, 2.45) is 0 Å². The lowest BCUT2D eigenvalue weighted by molar-refractivity contribution is -0.131. The largest absolute Gasteiger partial charge is 0.503 e. The predicted molar refractivity (Wildman–Crippen MR) is 128 cm³/mol. The maximum Gasteiger partial charge on any atom is 0.290 e. The highest BCUT2D eigenvalue weighted by molar-refractivity contribution is 6.31. The molecule has 33 heavy (non-hydrogen) atoms. The van der Waals surface area contributed by atoms with Crippen LogP contribution in [0.15, 0.2) is 64.3 Å². The summed E-state index contributed by atoms with van der Waals surface area (Å²) < 4.78 is 5.79. The highest BCUT2D eigenvalue weighted by Crippen LogP contribution is 2.44. The van der Waals surface area contributed by atoms with E-state index in [9.17, 15) is 14.7 Å². The molecule has 0 radical (unpaired) electrons. The Morgan fingerprint density at radius 3 is 2.45 bits per heavy atom. The highest BCUT2D eigenvalue weighted by Gasteiger charge is 2.47. The van der Waals surface area contributed by atoms with E-state index < -0.39 is 23.5 Å². The van der Waals surface area contributed by atoms with Crippen LogP contribution in [0, 0.1) is 0 Å². The van der Waals surface area contributed by atoms with Gasteiger partial charge in [0, 0.05) is 36.2 Å². The maximum absolute atomic E-state index is 13.6. The van der Waals surface area contributed by atoms with E-state index in [1.165, 1.54) is 0 Å². The lowest BCUT2D eigenvalue weighted by Gasteiger charge is -2.32. The molecule has 1 atom stereocenters. The Kier molecular flexibility index (Phi) is 5.41. The molecule has 5 rings (SSSR count). The first-order valence-corrected chi connectivity index (χ1v) is 11.5. The first-order valence-electron chi connectivity index (χ1n) is 11.1. The Labute approximate surface area is 197 Å². The zero-order valence-electron chi connectivity index (χ0n) is 18.5. The molecule has 1 aromatic heterocycles. The van der Waals surface area contributed by atoms with E-state index in [1.54, 1.807) is 29.2 Å². The predicted octanol–water partition coefficient (Wildman–Crippen LogP) is 5.67. The van der Waals surface area contributed by atoms with Gasteiger partial charge in [-0.1, -0.05) is 36.6 Å². The smallest absolute Gasteiger partial charge is 0.290 e. The number of aliphatic hydroxyl groups excluding tert-OH is 1. The van der Waals surface area contributed by atoms with Crippen molar-refractivity contribution in [1.82, 2.24) is 4.90 Å². The molecule has 0 bridgehead atoms. The number of Topliss-reactive ketones (excluding diaryl/α,β-unsaturated/α-hetero) is 1. The summed E-state index contributed by atoms with van der Waals surface area (Å²) in [6.07, 6.45) is 3.76. The zero-order valence-corrected chi connectivity index (χ0v) is 19.3. The highest BCUT2D eigenvalue weighted by atomic mass is 35.5. The fourth-order valence-electron chi connectivity index (χ4n) is 4.95. The maximum atomic E-state index is 13.6. The third-order valence-corrected chi connectivity index (χ3v) is 6.87. The number of furan rings is 1. The molecule has 6 nitrogen and oxygen atoms in total. The van der Waals surface area contributed by atoms with Crippen molar-refractivity contribution in [3.63, 3.8) is 0 Å². The van der Waals surface area contributed by atoms with Gasteiger partial charge in [0.25, 0.3) is 5.91 Å². The van der Waals surface area contributed by atoms with Crippen molar-refractivity contribution in [2.75, 3.05) is 19.0 Å². The monoisotopic (exact) mass is 464 g/mol. The lowest BCUT2D eigenvalue weighted by Crippen LogP contribution is -2.38. The molecular formula is C26H25ClN2O4. The van der Waals surface area contributed by atoms with Crippen molar-refractivity contribution >= 4 is 39.9 Å². The Morgan fingerprint density at radius 1 is 1.09 bits per heavy atom. The standard InChI is InChI=1S/C26H25ClN2O4/c1-28(2)18-10-7-15(8-11-18)23-22(25(31)26(32)29(23)19-5-3-4-6-19)24(30)21-14-16-13-17(27)9-12-20(16)33-21/h7-14,19,23,31H,3-6H2,1-2H3. The van der Waals surface area contributed by atoms with Crippen LogP contribution in [0.1, 0.15) is 47.8 Å². The summed E-state index contributed by atoms with van der Waals surface area (Å²) >= 11 is 6.08.